The van der Waals surface area contributed by atoms with Gasteiger partial charge in [-0.1, -0.05) is 30.7 Å². The van der Waals surface area contributed by atoms with Crippen LogP contribution in [0.3, 0.4) is 0 Å². The molecule has 1 amide bonds. The van der Waals surface area contributed by atoms with E-state index >= 15 is 0 Å². The number of hydrogen-bond donors (Lipinski definition) is 2. The maximum absolute atomic E-state index is 12.6. The first kappa shape index (κ1) is 14.4. The van der Waals surface area contributed by atoms with E-state index in [1.165, 1.54) is 5.56 Å². The molecule has 4 nitrogen and oxygen atoms in total. The van der Waals surface area contributed by atoms with Crippen molar-refractivity contribution in [2.24, 2.45) is 0 Å². The lowest BCUT2D eigenvalue weighted by atomic mass is 9.90. The van der Waals surface area contributed by atoms with Crippen LogP contribution in [0, 0.1) is 0 Å². The van der Waals surface area contributed by atoms with Crippen LogP contribution in [0.15, 0.2) is 35.5 Å². The molecule has 2 aliphatic heterocycles. The SMILES string of the molecule is CCC1=C(C)NC2C(c3ccc(Cl)cc3)C(C)NN2C1=O. The number of carbonyl (C=O) groups excluding carboxylic acids is 1. The van der Waals surface area contributed by atoms with Crippen molar-refractivity contribution >= 4 is 17.5 Å². The predicted octanol–water partition coefficient (Wildman–Crippen LogP) is 2.77. The number of benzene rings is 1. The van der Waals surface area contributed by atoms with Crippen molar-refractivity contribution in [1.82, 2.24) is 15.8 Å². The highest BCUT2D eigenvalue weighted by atomic mass is 35.5. The van der Waals surface area contributed by atoms with Crippen LogP contribution in [0.5, 0.6) is 0 Å². The second-order valence-electron chi connectivity index (χ2n) is 5.72. The molecule has 1 aromatic rings. The minimum Gasteiger partial charge on any atom is -0.367 e. The maximum Gasteiger partial charge on any atom is 0.267 e. The highest BCUT2D eigenvalue weighted by molar-refractivity contribution is 6.30. The average Bonchev–Trinajstić information content (AvgIpc) is 2.77. The van der Waals surface area contributed by atoms with Gasteiger partial charge in [0.2, 0.25) is 0 Å². The first-order valence-corrected chi connectivity index (χ1v) is 7.72. The van der Waals surface area contributed by atoms with Crippen molar-refractivity contribution < 1.29 is 4.79 Å². The van der Waals surface area contributed by atoms with E-state index < -0.39 is 0 Å². The fourth-order valence-electron chi connectivity index (χ4n) is 3.34. The van der Waals surface area contributed by atoms with Crippen LogP contribution < -0.4 is 10.7 Å². The Morgan fingerprint density at radius 1 is 1.29 bits per heavy atom. The molecule has 0 spiro atoms. The molecule has 21 heavy (non-hydrogen) atoms. The van der Waals surface area contributed by atoms with Crippen molar-refractivity contribution in [1.29, 1.82) is 0 Å². The van der Waals surface area contributed by atoms with Gasteiger partial charge >= 0.3 is 0 Å². The molecule has 5 heteroatoms. The monoisotopic (exact) mass is 305 g/mol. The van der Waals surface area contributed by atoms with Crippen LogP contribution in [-0.4, -0.2) is 23.1 Å². The van der Waals surface area contributed by atoms with Crippen molar-refractivity contribution in [2.75, 3.05) is 0 Å². The van der Waals surface area contributed by atoms with Crippen LogP contribution in [0.25, 0.3) is 0 Å². The number of nitrogens with zero attached hydrogens (tertiary/aromatic N) is 1. The lowest BCUT2D eigenvalue weighted by molar-refractivity contribution is -0.132. The largest absolute Gasteiger partial charge is 0.367 e. The van der Waals surface area contributed by atoms with Crippen LogP contribution in [0.1, 0.15) is 38.7 Å². The zero-order valence-corrected chi connectivity index (χ0v) is 13.2. The summed E-state index contributed by atoms with van der Waals surface area (Å²) in [7, 11) is 0. The summed E-state index contributed by atoms with van der Waals surface area (Å²) in [4.78, 5) is 12.6. The fraction of sp³-hybridized carbons (Fsp3) is 0.438. The Morgan fingerprint density at radius 3 is 2.57 bits per heavy atom. The maximum atomic E-state index is 12.6. The Bertz CT molecular complexity index is 596. The van der Waals surface area contributed by atoms with Gasteiger partial charge in [-0.15, -0.1) is 0 Å². The van der Waals surface area contributed by atoms with E-state index in [0.717, 1.165) is 22.7 Å². The molecule has 0 bridgehead atoms. The molecule has 0 saturated carbocycles. The van der Waals surface area contributed by atoms with Gasteiger partial charge in [0.15, 0.2) is 0 Å². The van der Waals surface area contributed by atoms with Gasteiger partial charge in [-0.05, 0) is 38.0 Å². The van der Waals surface area contributed by atoms with Crippen LogP contribution in [0.4, 0.5) is 0 Å². The molecule has 1 aromatic carbocycles. The molecule has 0 radical (unpaired) electrons. The summed E-state index contributed by atoms with van der Waals surface area (Å²) < 4.78 is 0. The number of amides is 1. The number of fused-ring (bicyclic) bond motifs is 1. The van der Waals surface area contributed by atoms with Gasteiger partial charge in [0, 0.05) is 28.3 Å². The van der Waals surface area contributed by atoms with Crippen molar-refractivity contribution in [3.8, 4) is 0 Å². The first-order valence-electron chi connectivity index (χ1n) is 7.34. The molecule has 3 rings (SSSR count). The van der Waals surface area contributed by atoms with Gasteiger partial charge < -0.3 is 5.32 Å². The smallest absolute Gasteiger partial charge is 0.267 e. The summed E-state index contributed by atoms with van der Waals surface area (Å²) >= 11 is 5.97. The number of hydrogen-bond acceptors (Lipinski definition) is 3. The normalized spacial score (nSPS) is 28.7. The first-order chi connectivity index (χ1) is 10.0. The molecule has 3 unspecified atom stereocenters. The lowest BCUT2D eigenvalue weighted by Crippen LogP contribution is -2.54. The number of rotatable bonds is 2. The quantitative estimate of drug-likeness (QED) is 0.883. The van der Waals surface area contributed by atoms with E-state index in [1.807, 2.05) is 38.1 Å². The Balaban J connectivity index is 1.96. The van der Waals surface area contributed by atoms with E-state index in [0.29, 0.717) is 0 Å². The van der Waals surface area contributed by atoms with Gasteiger partial charge in [0.1, 0.15) is 6.17 Å². The van der Waals surface area contributed by atoms with E-state index in [1.54, 1.807) is 5.01 Å². The molecule has 2 aliphatic rings. The van der Waals surface area contributed by atoms with Gasteiger partial charge in [0.05, 0.1) is 0 Å². The highest BCUT2D eigenvalue weighted by Crippen LogP contribution is 2.35. The highest BCUT2D eigenvalue weighted by Gasteiger charge is 2.45. The van der Waals surface area contributed by atoms with Gasteiger partial charge in [-0.25, -0.2) is 5.43 Å². The van der Waals surface area contributed by atoms with Crippen molar-refractivity contribution in [3.63, 3.8) is 0 Å². The summed E-state index contributed by atoms with van der Waals surface area (Å²) in [5.74, 6) is 0.279. The number of allylic oxidation sites excluding steroid dienone is 1. The van der Waals surface area contributed by atoms with Crippen molar-refractivity contribution in [2.45, 2.75) is 45.3 Å². The summed E-state index contributed by atoms with van der Waals surface area (Å²) in [5, 5.41) is 5.97. The standard InChI is InChI=1S/C16H20ClN3O/c1-4-13-9(2)18-15-14(10(3)19-20(15)16(13)21)11-5-7-12(17)8-6-11/h5-8,10,14-15,18-19H,4H2,1-3H3. The number of hydrazine groups is 1. The van der Waals surface area contributed by atoms with E-state index in [2.05, 4.69) is 17.7 Å². The lowest BCUT2D eigenvalue weighted by Gasteiger charge is -2.35. The second-order valence-corrected chi connectivity index (χ2v) is 6.15. The van der Waals surface area contributed by atoms with E-state index in [-0.39, 0.29) is 24.0 Å². The topological polar surface area (TPSA) is 44.4 Å². The number of halogens is 1. The molecular weight excluding hydrogens is 286 g/mol. The number of nitrogens with one attached hydrogen (secondary N) is 2. The molecule has 3 atom stereocenters. The summed E-state index contributed by atoms with van der Waals surface area (Å²) in [6, 6.07) is 8.05. The molecule has 2 heterocycles. The molecule has 0 aromatic heterocycles. The Kier molecular flexibility index (Phi) is 3.68. The minimum absolute atomic E-state index is 0.0519. The van der Waals surface area contributed by atoms with Crippen molar-refractivity contribution in [3.05, 3.63) is 46.1 Å². The summed E-state index contributed by atoms with van der Waals surface area (Å²) in [6.07, 6.45) is 0.687. The molecule has 1 fully saturated rings. The van der Waals surface area contributed by atoms with Crippen LogP contribution in [-0.2, 0) is 4.79 Å². The molecule has 0 aliphatic carbocycles. The molecular formula is C16H20ClN3O. The third-order valence-electron chi connectivity index (χ3n) is 4.40. The van der Waals surface area contributed by atoms with Crippen LogP contribution in [0.2, 0.25) is 5.02 Å². The minimum atomic E-state index is -0.0519. The van der Waals surface area contributed by atoms with Crippen LogP contribution >= 0.6 is 11.6 Å². The summed E-state index contributed by atoms with van der Waals surface area (Å²) in [5.41, 5.74) is 6.32. The van der Waals surface area contributed by atoms with E-state index in [9.17, 15) is 4.79 Å². The average molecular weight is 306 g/mol. The molecule has 112 valence electrons. The molecule has 2 N–H and O–H groups in total. The third kappa shape index (κ3) is 2.32. The Hall–Kier alpha value is -1.52. The third-order valence-corrected chi connectivity index (χ3v) is 4.65. The van der Waals surface area contributed by atoms with Gasteiger partial charge in [0.25, 0.3) is 5.91 Å². The second kappa shape index (κ2) is 5.35. The fourth-order valence-corrected chi connectivity index (χ4v) is 3.47. The molecule has 1 saturated heterocycles. The number of carbonyl (C=O) groups is 1. The zero-order chi connectivity index (χ0) is 15.1. The summed E-state index contributed by atoms with van der Waals surface area (Å²) in [6.45, 7) is 6.10. The predicted molar refractivity (Wildman–Crippen MR) is 83.6 cm³/mol. The van der Waals surface area contributed by atoms with E-state index in [4.69, 9.17) is 11.6 Å². The zero-order valence-electron chi connectivity index (χ0n) is 12.5. The van der Waals surface area contributed by atoms with Gasteiger partial charge in [-0.2, -0.15) is 0 Å². The Labute approximate surface area is 130 Å². The Morgan fingerprint density at radius 2 is 1.95 bits per heavy atom. The van der Waals surface area contributed by atoms with Gasteiger partial charge in [-0.3, -0.25) is 9.80 Å².